The molecule has 3 rings (SSSR count). The minimum Gasteiger partial charge on any atom is -0.483 e. The van der Waals surface area contributed by atoms with Crippen molar-refractivity contribution < 1.29 is 23.5 Å². The van der Waals surface area contributed by atoms with Gasteiger partial charge in [-0.2, -0.15) is 0 Å². The lowest BCUT2D eigenvalue weighted by molar-refractivity contribution is -0.118. The Labute approximate surface area is 199 Å². The Kier molecular flexibility index (Phi) is 8.32. The standard InChI is InChI=1S/C25H22BrFN2O4/c1-29(20-5-3-2-4-6-20)25(32)14-12-22(30)21-15-18(27)9-13-23(21)33-16-24(31)28-19-10-7-17(26)8-11-19/h2-11,13,15H,12,14,16H2,1H3,(H,28,31). The van der Waals surface area contributed by atoms with Crippen LogP contribution in [-0.2, 0) is 9.59 Å². The number of nitrogens with one attached hydrogen (secondary N) is 1. The largest absolute Gasteiger partial charge is 0.483 e. The Balaban J connectivity index is 1.60. The molecule has 0 fully saturated rings. The van der Waals surface area contributed by atoms with Crippen molar-refractivity contribution in [2.45, 2.75) is 12.8 Å². The number of para-hydroxylation sites is 1. The van der Waals surface area contributed by atoms with Gasteiger partial charge in [0.2, 0.25) is 5.91 Å². The smallest absolute Gasteiger partial charge is 0.262 e. The van der Waals surface area contributed by atoms with E-state index in [0.29, 0.717) is 11.4 Å². The lowest BCUT2D eigenvalue weighted by Crippen LogP contribution is -2.26. The summed E-state index contributed by atoms with van der Waals surface area (Å²) in [6.45, 7) is -0.363. The Bertz CT molecular complexity index is 1140. The van der Waals surface area contributed by atoms with Crippen molar-refractivity contribution in [1.82, 2.24) is 0 Å². The van der Waals surface area contributed by atoms with E-state index in [1.54, 1.807) is 43.4 Å². The van der Waals surface area contributed by atoms with E-state index in [0.717, 1.165) is 16.6 Å². The first-order valence-electron chi connectivity index (χ1n) is 10.2. The van der Waals surface area contributed by atoms with Gasteiger partial charge in [0.05, 0.1) is 5.56 Å². The second-order valence-corrected chi connectivity index (χ2v) is 8.11. The molecular weight excluding hydrogens is 491 g/mol. The number of anilines is 2. The summed E-state index contributed by atoms with van der Waals surface area (Å²) in [5.74, 6) is -1.66. The molecule has 0 unspecified atom stereocenters. The number of carbonyl (C=O) groups excluding carboxylic acids is 3. The van der Waals surface area contributed by atoms with Crippen LogP contribution in [0.2, 0.25) is 0 Å². The number of hydrogen-bond acceptors (Lipinski definition) is 4. The van der Waals surface area contributed by atoms with Crippen LogP contribution in [0, 0.1) is 5.82 Å². The first kappa shape index (κ1) is 24.1. The number of Topliss-reactive ketones (excluding diaryl/α,β-unsaturated/α-hetero) is 1. The molecule has 2 amide bonds. The number of carbonyl (C=O) groups is 3. The Morgan fingerprint density at radius 3 is 2.36 bits per heavy atom. The van der Waals surface area contributed by atoms with Crippen LogP contribution in [-0.4, -0.2) is 31.3 Å². The fourth-order valence-corrected chi connectivity index (χ4v) is 3.30. The van der Waals surface area contributed by atoms with Gasteiger partial charge in [-0.05, 0) is 54.6 Å². The lowest BCUT2D eigenvalue weighted by atomic mass is 10.0. The van der Waals surface area contributed by atoms with Gasteiger partial charge in [0.25, 0.3) is 5.91 Å². The summed E-state index contributed by atoms with van der Waals surface area (Å²) in [5, 5.41) is 2.67. The fraction of sp³-hybridized carbons (Fsp3) is 0.160. The first-order chi connectivity index (χ1) is 15.8. The van der Waals surface area contributed by atoms with Gasteiger partial charge >= 0.3 is 0 Å². The van der Waals surface area contributed by atoms with E-state index < -0.39 is 17.5 Å². The van der Waals surface area contributed by atoms with Gasteiger partial charge in [0.15, 0.2) is 12.4 Å². The number of nitrogens with zero attached hydrogens (tertiary/aromatic N) is 1. The van der Waals surface area contributed by atoms with Crippen molar-refractivity contribution in [1.29, 1.82) is 0 Å². The molecule has 0 bridgehead atoms. The molecular formula is C25H22BrFN2O4. The van der Waals surface area contributed by atoms with E-state index in [1.807, 2.05) is 18.2 Å². The average molecular weight is 513 g/mol. The molecule has 6 nitrogen and oxygen atoms in total. The van der Waals surface area contributed by atoms with Crippen molar-refractivity contribution in [2.24, 2.45) is 0 Å². The summed E-state index contributed by atoms with van der Waals surface area (Å²) in [6.07, 6.45) is -0.175. The summed E-state index contributed by atoms with van der Waals surface area (Å²) in [6, 6.07) is 19.5. The van der Waals surface area contributed by atoms with Crippen LogP contribution in [0.3, 0.4) is 0 Å². The Hall–Kier alpha value is -3.52. The zero-order chi connectivity index (χ0) is 23.8. The van der Waals surface area contributed by atoms with Gasteiger partial charge in [-0.15, -0.1) is 0 Å². The maximum atomic E-state index is 13.8. The summed E-state index contributed by atoms with van der Waals surface area (Å²) in [5.41, 5.74) is 1.28. The van der Waals surface area contributed by atoms with E-state index in [9.17, 15) is 18.8 Å². The van der Waals surface area contributed by atoms with E-state index in [-0.39, 0.29) is 36.7 Å². The number of hydrogen-bond donors (Lipinski definition) is 1. The van der Waals surface area contributed by atoms with Gasteiger partial charge in [-0.3, -0.25) is 14.4 Å². The van der Waals surface area contributed by atoms with Crippen molar-refractivity contribution in [3.8, 4) is 5.75 Å². The summed E-state index contributed by atoms with van der Waals surface area (Å²) < 4.78 is 20.2. The SMILES string of the molecule is CN(C(=O)CCC(=O)c1cc(F)ccc1OCC(=O)Nc1ccc(Br)cc1)c1ccccc1. The molecule has 0 saturated carbocycles. The second kappa shape index (κ2) is 11.4. The molecule has 3 aromatic carbocycles. The lowest BCUT2D eigenvalue weighted by Gasteiger charge is -2.17. The minimum atomic E-state index is -0.613. The molecule has 0 heterocycles. The monoisotopic (exact) mass is 512 g/mol. The predicted molar refractivity (Wildman–Crippen MR) is 128 cm³/mol. The van der Waals surface area contributed by atoms with Gasteiger partial charge in [0, 0.05) is 35.7 Å². The summed E-state index contributed by atoms with van der Waals surface area (Å²) >= 11 is 3.32. The third-order valence-corrected chi connectivity index (χ3v) is 5.34. The highest BCUT2D eigenvalue weighted by Crippen LogP contribution is 2.23. The van der Waals surface area contributed by atoms with Crippen LogP contribution < -0.4 is 15.0 Å². The van der Waals surface area contributed by atoms with Crippen LogP contribution in [0.1, 0.15) is 23.2 Å². The van der Waals surface area contributed by atoms with Crippen LogP contribution in [0.5, 0.6) is 5.75 Å². The van der Waals surface area contributed by atoms with Gasteiger partial charge < -0.3 is 15.0 Å². The van der Waals surface area contributed by atoms with Gasteiger partial charge in [-0.25, -0.2) is 4.39 Å². The van der Waals surface area contributed by atoms with E-state index >= 15 is 0 Å². The van der Waals surface area contributed by atoms with Crippen molar-refractivity contribution in [3.63, 3.8) is 0 Å². The second-order valence-electron chi connectivity index (χ2n) is 7.20. The highest BCUT2D eigenvalue weighted by molar-refractivity contribution is 9.10. The predicted octanol–water partition coefficient (Wildman–Crippen LogP) is 5.23. The molecule has 3 aromatic rings. The molecule has 33 heavy (non-hydrogen) atoms. The number of ketones is 1. The normalized spacial score (nSPS) is 10.4. The average Bonchev–Trinajstić information content (AvgIpc) is 2.83. The van der Waals surface area contributed by atoms with Gasteiger partial charge in [-0.1, -0.05) is 34.1 Å². The molecule has 0 aliphatic rings. The molecule has 170 valence electrons. The van der Waals surface area contributed by atoms with Crippen LogP contribution >= 0.6 is 15.9 Å². The van der Waals surface area contributed by atoms with Crippen molar-refractivity contribution >= 4 is 44.9 Å². The van der Waals surface area contributed by atoms with Crippen LogP contribution in [0.25, 0.3) is 0 Å². The number of amides is 2. The highest BCUT2D eigenvalue weighted by Gasteiger charge is 2.18. The Morgan fingerprint density at radius 1 is 0.970 bits per heavy atom. The molecule has 0 radical (unpaired) electrons. The van der Waals surface area contributed by atoms with E-state index in [1.165, 1.54) is 11.0 Å². The zero-order valence-electron chi connectivity index (χ0n) is 17.9. The molecule has 0 spiro atoms. The summed E-state index contributed by atoms with van der Waals surface area (Å²) in [7, 11) is 1.63. The van der Waals surface area contributed by atoms with Crippen LogP contribution in [0.15, 0.2) is 77.3 Å². The van der Waals surface area contributed by atoms with Gasteiger partial charge in [0.1, 0.15) is 11.6 Å². The molecule has 0 atom stereocenters. The van der Waals surface area contributed by atoms with Crippen molar-refractivity contribution in [2.75, 3.05) is 23.9 Å². The highest BCUT2D eigenvalue weighted by atomic mass is 79.9. The number of halogens is 2. The molecule has 0 aromatic heterocycles. The van der Waals surface area contributed by atoms with Crippen molar-refractivity contribution in [3.05, 3.63) is 88.6 Å². The quantitative estimate of drug-likeness (QED) is 0.398. The first-order valence-corrected chi connectivity index (χ1v) is 11.0. The number of rotatable bonds is 9. The maximum absolute atomic E-state index is 13.8. The Morgan fingerprint density at radius 2 is 1.67 bits per heavy atom. The number of benzene rings is 3. The molecule has 1 N–H and O–H groups in total. The third kappa shape index (κ3) is 6.98. The fourth-order valence-electron chi connectivity index (χ4n) is 3.04. The maximum Gasteiger partial charge on any atom is 0.262 e. The number of ether oxygens (including phenoxy) is 1. The molecule has 0 aliphatic carbocycles. The van der Waals surface area contributed by atoms with E-state index in [2.05, 4.69) is 21.2 Å². The van der Waals surface area contributed by atoms with Crippen LogP contribution in [0.4, 0.5) is 15.8 Å². The van der Waals surface area contributed by atoms with E-state index in [4.69, 9.17) is 4.74 Å². The molecule has 0 saturated heterocycles. The molecule has 8 heteroatoms. The third-order valence-electron chi connectivity index (χ3n) is 4.81. The topological polar surface area (TPSA) is 75.7 Å². The minimum absolute atomic E-state index is 0.0124. The summed E-state index contributed by atoms with van der Waals surface area (Å²) in [4.78, 5) is 38.8. The molecule has 0 aliphatic heterocycles. The zero-order valence-corrected chi connectivity index (χ0v) is 19.5.